The molecular formula is C54H91B2BrN4O6S2-. The summed E-state index contributed by atoms with van der Waals surface area (Å²) in [5, 5.41) is 24.8. The molecule has 15 heteroatoms. The molecule has 10 rings (SSSR count). The van der Waals surface area contributed by atoms with Crippen LogP contribution in [0.4, 0.5) is 0 Å². The van der Waals surface area contributed by atoms with Crippen LogP contribution >= 0.6 is 40.0 Å². The molecule has 10 fully saturated rings. The van der Waals surface area contributed by atoms with E-state index in [1.165, 1.54) is 77.0 Å². The Kier molecular flexibility index (Phi) is 20.5. The molecule has 2 saturated heterocycles. The summed E-state index contributed by atoms with van der Waals surface area (Å²) in [5.41, 5.74) is -0.415. The number of alkyl halides is 1. The van der Waals surface area contributed by atoms with Crippen molar-refractivity contribution in [1.29, 1.82) is 0 Å². The van der Waals surface area contributed by atoms with Crippen molar-refractivity contribution < 1.29 is 29.4 Å². The van der Waals surface area contributed by atoms with Gasteiger partial charge in [-0.25, -0.2) is 0 Å². The molecule has 0 aromatic rings. The summed E-state index contributed by atoms with van der Waals surface area (Å²) in [7, 11) is 0. The van der Waals surface area contributed by atoms with Gasteiger partial charge in [-0.2, -0.15) is 0 Å². The molecule has 8 saturated carbocycles. The third kappa shape index (κ3) is 12.8. The van der Waals surface area contributed by atoms with E-state index in [1.54, 1.807) is 20.6 Å². The Labute approximate surface area is 438 Å². The molecule has 10 nitrogen and oxygen atoms in total. The fraction of sp³-hybridized carbons (Fsp3) is 0.926. The van der Waals surface area contributed by atoms with Gasteiger partial charge < -0.3 is 37.4 Å². The zero-order valence-electron chi connectivity index (χ0n) is 43.9. The van der Waals surface area contributed by atoms with Gasteiger partial charge in [0.25, 0.3) is 0 Å². The number of piperazine rings is 2. The number of fused-ring (bicyclic) bond motifs is 10. The van der Waals surface area contributed by atoms with E-state index < -0.39 is 11.2 Å². The normalized spacial score (nSPS) is 43.1. The van der Waals surface area contributed by atoms with Gasteiger partial charge in [-0.3, -0.25) is 24.1 Å². The molecule has 10 aliphatic rings. The topological polar surface area (TPSA) is 130 Å². The molecule has 0 aromatic heterocycles. The van der Waals surface area contributed by atoms with Gasteiger partial charge in [0, 0.05) is 78.0 Å². The van der Waals surface area contributed by atoms with Gasteiger partial charge in [0.2, 0.25) is 11.8 Å². The quantitative estimate of drug-likeness (QED) is 0.183. The number of hydrogen-bond acceptors (Lipinski definition) is 10. The van der Waals surface area contributed by atoms with Crippen LogP contribution in [-0.4, -0.2) is 137 Å². The second-order valence-electron chi connectivity index (χ2n) is 24.8. The van der Waals surface area contributed by atoms with E-state index in [0.717, 1.165) is 144 Å². The summed E-state index contributed by atoms with van der Waals surface area (Å²) < 4.78 is 0. The Hall–Kier alpha value is -0.830. The van der Waals surface area contributed by atoms with Gasteiger partial charge in [-0.1, -0.05) is 29.8 Å². The molecule has 1 radical (unpaired) electrons. The number of rotatable bonds is 5. The van der Waals surface area contributed by atoms with Crippen LogP contribution in [-0.2, 0) is 19.2 Å². The van der Waals surface area contributed by atoms with Gasteiger partial charge in [0.15, 0.2) is 0 Å². The van der Waals surface area contributed by atoms with Gasteiger partial charge in [0.05, 0.1) is 23.1 Å². The van der Waals surface area contributed by atoms with Crippen molar-refractivity contribution in [2.45, 2.75) is 168 Å². The molecule has 16 atom stereocenters. The zero-order chi connectivity index (χ0) is 50.5. The number of carbonyl (C=O) groups is 4. The number of carbonyl (C=O) groups excluding carboxylic acids is 4. The molecule has 0 spiro atoms. The summed E-state index contributed by atoms with van der Waals surface area (Å²) in [4.78, 5) is 54.3. The molecule has 0 aromatic carbocycles. The summed E-state index contributed by atoms with van der Waals surface area (Å²) in [6.07, 6.45) is 21.5. The second-order valence-corrected chi connectivity index (χ2v) is 25.4. The molecule has 0 unspecified atom stereocenters. The minimum atomic E-state index is -0.446. The predicted octanol–water partition coefficient (Wildman–Crippen LogP) is 8.15. The Bertz CT molecular complexity index is 1770. The van der Waals surface area contributed by atoms with Crippen LogP contribution < -0.4 is 5.32 Å². The van der Waals surface area contributed by atoms with Crippen molar-refractivity contribution in [2.75, 3.05) is 64.2 Å². The molecular weight excluding hydrogens is 966 g/mol. The fourth-order valence-corrected chi connectivity index (χ4v) is 18.2. The van der Waals surface area contributed by atoms with Crippen molar-refractivity contribution in [2.24, 2.45) is 81.8 Å². The average molecular weight is 1060 g/mol. The molecule has 2 heterocycles. The third-order valence-electron chi connectivity index (χ3n) is 21.1. The number of aliphatic hydroxyl groups is 2. The maximum atomic E-state index is 13.5. The third-order valence-corrected chi connectivity index (χ3v) is 21.7. The number of Topliss-reactive ketones (excluding diaryl/α,β-unsaturated/α-hetero) is 2. The van der Waals surface area contributed by atoms with E-state index in [9.17, 15) is 29.4 Å². The monoisotopic (exact) mass is 1060 g/mol. The Morgan fingerprint density at radius 3 is 1.38 bits per heavy atom. The Balaban J connectivity index is 0.000000185. The van der Waals surface area contributed by atoms with E-state index >= 15 is 0 Å². The van der Waals surface area contributed by atoms with Crippen molar-refractivity contribution in [3.05, 3.63) is 0 Å². The number of halogens is 1. The number of ketones is 2. The van der Waals surface area contributed by atoms with Crippen LogP contribution in [0.2, 0.25) is 0 Å². The molecule has 2 amide bonds. The average Bonchev–Trinajstić information content (AvgIpc) is 3.89. The van der Waals surface area contributed by atoms with E-state index in [4.69, 9.17) is 0 Å². The first-order valence-electron chi connectivity index (χ1n) is 27.5. The van der Waals surface area contributed by atoms with E-state index in [-0.39, 0.29) is 28.6 Å². The maximum absolute atomic E-state index is 13.5. The molecule has 0 bridgehead atoms. The Morgan fingerprint density at radius 1 is 0.565 bits per heavy atom. The molecule has 2 aliphatic heterocycles. The summed E-state index contributed by atoms with van der Waals surface area (Å²) in [5.74, 6) is 9.74. The Morgan fingerprint density at radius 2 is 0.971 bits per heavy atom. The summed E-state index contributed by atoms with van der Waals surface area (Å²) in [6.45, 7) is 25.3. The molecule has 69 heavy (non-hydrogen) atoms. The van der Waals surface area contributed by atoms with Crippen LogP contribution in [0, 0.1) is 81.8 Å². The first kappa shape index (κ1) is 57.4. The fourth-order valence-electron chi connectivity index (χ4n) is 17.8. The number of nitrogens with one attached hydrogen (secondary N) is 1. The molecule has 3 N–H and O–H groups in total. The van der Waals surface area contributed by atoms with Crippen molar-refractivity contribution in [1.82, 2.24) is 20.0 Å². The van der Waals surface area contributed by atoms with E-state index in [2.05, 4.69) is 70.8 Å². The van der Waals surface area contributed by atoms with Crippen LogP contribution in [0.15, 0.2) is 0 Å². The SMILES string of the molecule is CC(=O)N1CCN(CC(=O)[C@H]2CC[C@H]3[C@@H]4CC[C@H]5C[C@](C)(O)CC[C@@H]5[C@H]4CC[C@]23C)CC1.CC(=O)N1CCNCC1.C[C@@]1(O)CC[C@H]2[C@@H](CC[C@@H]3[C@@H]2CC[C@]2(C)[C@@H](C(=O)CBr)CC[C@@H]32)C1.[BH2-]=S.[B]=S. The van der Waals surface area contributed by atoms with E-state index in [0.29, 0.717) is 35.3 Å². The van der Waals surface area contributed by atoms with Gasteiger partial charge in [0.1, 0.15) is 11.6 Å². The van der Waals surface area contributed by atoms with Gasteiger partial charge >= 0.3 is 18.8 Å². The summed E-state index contributed by atoms with van der Waals surface area (Å²) >= 11 is 11.1. The standard InChI is InChI=1S/C27H44N2O3.C21H33BrO2.C6H12N2O.BH2S.BS/c1-18(30)29-14-12-28(13-15-29)17-25(31)24-7-6-23-22-5-4-19-16-26(2,32)10-8-20(19)21(22)9-11-27(23,24)3;1-20(24)9-7-14-13(11-20)3-4-16-15(14)8-10-21(2)17(16)5-6-18(21)19(23)12-22;1-6(9)8-4-2-7-3-5-8;2*1-2/h19-24,32H,4-17H2,1-3H3;13-18,24H,3-12H2,1-2H3;7H,2-5H2,1H3;1H2;/q;;;-1;/t19-,20-,21+,22+,23-,24+,26+,27-;13-,14-,15+,16+,17-,18+,20+,21-;;;/m00.../s1. The van der Waals surface area contributed by atoms with Crippen LogP contribution in [0.3, 0.4) is 0 Å². The van der Waals surface area contributed by atoms with Crippen LogP contribution in [0.25, 0.3) is 0 Å². The second kappa shape index (κ2) is 24.7. The first-order chi connectivity index (χ1) is 32.8. The molecule has 8 aliphatic carbocycles. The van der Waals surface area contributed by atoms with E-state index in [1.807, 2.05) is 23.6 Å². The zero-order valence-corrected chi connectivity index (χ0v) is 47.1. The number of amides is 2. The predicted molar refractivity (Wildman–Crippen MR) is 290 cm³/mol. The van der Waals surface area contributed by atoms with Crippen molar-refractivity contribution in [3.63, 3.8) is 0 Å². The number of nitrogens with zero attached hydrogens (tertiary/aromatic N) is 3. The molecule has 389 valence electrons. The first-order valence-corrected chi connectivity index (χ1v) is 29.9. The number of hydrogen-bond donors (Lipinski definition) is 3. The van der Waals surface area contributed by atoms with Crippen LogP contribution in [0.5, 0.6) is 0 Å². The summed E-state index contributed by atoms with van der Waals surface area (Å²) in [6, 6.07) is 0. The van der Waals surface area contributed by atoms with Crippen LogP contribution in [0.1, 0.15) is 157 Å². The van der Waals surface area contributed by atoms with Gasteiger partial charge in [-0.05, 0) is 199 Å². The minimum absolute atomic E-state index is 0.148. The van der Waals surface area contributed by atoms with Gasteiger partial charge in [-0.15, -0.1) is 6.72 Å². The van der Waals surface area contributed by atoms with Crippen molar-refractivity contribution in [3.8, 4) is 0 Å². The van der Waals surface area contributed by atoms with Crippen molar-refractivity contribution >= 4 is 76.9 Å².